The third-order valence-electron chi connectivity index (χ3n) is 4.41. The van der Waals surface area contributed by atoms with Crippen molar-refractivity contribution in [3.8, 4) is 17.6 Å². The fourth-order valence-corrected chi connectivity index (χ4v) is 2.97. The van der Waals surface area contributed by atoms with Gasteiger partial charge in [0.15, 0.2) is 5.78 Å². The third-order valence-corrected chi connectivity index (χ3v) is 4.41. The molecule has 2 heterocycles. The summed E-state index contributed by atoms with van der Waals surface area (Å²) in [7, 11) is 0. The van der Waals surface area contributed by atoms with Crippen LogP contribution in [-0.2, 0) is 13.0 Å². The van der Waals surface area contributed by atoms with Crippen LogP contribution in [0.25, 0.3) is 5.65 Å². The molecule has 0 bridgehead atoms. The average molecular weight is 377 g/mol. The molecule has 1 N–H and O–H groups in total. The predicted octanol–water partition coefficient (Wildman–Crippen LogP) is 3.01. The summed E-state index contributed by atoms with van der Waals surface area (Å²) >= 11 is 0. The van der Waals surface area contributed by atoms with E-state index >= 15 is 0 Å². The van der Waals surface area contributed by atoms with Gasteiger partial charge in [0.25, 0.3) is 5.56 Å². The molecule has 7 nitrogen and oxygen atoms in total. The summed E-state index contributed by atoms with van der Waals surface area (Å²) in [6, 6.07) is 8.46. The van der Waals surface area contributed by atoms with Crippen LogP contribution in [0.3, 0.4) is 0 Å². The van der Waals surface area contributed by atoms with E-state index in [2.05, 4.69) is 4.98 Å². The van der Waals surface area contributed by atoms with Crippen LogP contribution in [0.5, 0.6) is 11.5 Å². The number of hydrogen-bond donors (Lipinski definition) is 1. The molecule has 1 aromatic carbocycles. The molecule has 0 aliphatic rings. The minimum absolute atomic E-state index is 0.0215. The quantitative estimate of drug-likeness (QED) is 0.662. The Labute approximate surface area is 161 Å². The summed E-state index contributed by atoms with van der Waals surface area (Å²) in [5.41, 5.74) is 1.62. The standard InChI is InChI=1S/C21H19N3O4/c1-3-4-17-18(6-5-16(13(2)25)20(17)26)28-12-14-7-8-24-19(9-14)23-11-15(10-22)21(24)27/h5-9,11,26H,3-4,12H2,1-2H3. The molecular formula is C21H19N3O4. The number of phenols is 1. The molecule has 0 saturated heterocycles. The third kappa shape index (κ3) is 3.58. The molecule has 0 aliphatic heterocycles. The van der Waals surface area contributed by atoms with E-state index < -0.39 is 5.56 Å². The number of phenolic OH excluding ortho intramolecular Hbond substituents is 1. The lowest BCUT2D eigenvalue weighted by Gasteiger charge is -2.15. The highest BCUT2D eigenvalue weighted by Crippen LogP contribution is 2.33. The second kappa shape index (κ2) is 7.92. The SMILES string of the molecule is CCCc1c(OCc2ccn3c(=O)c(C#N)cnc3c2)ccc(C(C)=O)c1O. The Morgan fingerprint density at radius 1 is 1.36 bits per heavy atom. The van der Waals surface area contributed by atoms with Gasteiger partial charge in [0.2, 0.25) is 0 Å². The van der Waals surface area contributed by atoms with Crippen LogP contribution in [-0.4, -0.2) is 20.3 Å². The van der Waals surface area contributed by atoms with Gasteiger partial charge in [0, 0.05) is 11.8 Å². The van der Waals surface area contributed by atoms with E-state index in [1.54, 1.807) is 30.5 Å². The summed E-state index contributed by atoms with van der Waals surface area (Å²) in [4.78, 5) is 27.9. The summed E-state index contributed by atoms with van der Waals surface area (Å²) in [5.74, 6) is 0.265. The van der Waals surface area contributed by atoms with Gasteiger partial charge in [-0.25, -0.2) is 4.98 Å². The smallest absolute Gasteiger partial charge is 0.275 e. The minimum Gasteiger partial charge on any atom is -0.507 e. The lowest BCUT2D eigenvalue weighted by atomic mass is 10.0. The minimum atomic E-state index is -0.421. The Balaban J connectivity index is 1.90. The van der Waals surface area contributed by atoms with Crippen molar-refractivity contribution < 1.29 is 14.6 Å². The number of pyridine rings is 1. The number of carbonyl (C=O) groups excluding carboxylic acids is 1. The van der Waals surface area contributed by atoms with Crippen molar-refractivity contribution in [3.63, 3.8) is 0 Å². The first-order valence-corrected chi connectivity index (χ1v) is 8.85. The first kappa shape index (κ1) is 19.1. The molecule has 0 atom stereocenters. The normalized spacial score (nSPS) is 10.6. The van der Waals surface area contributed by atoms with Gasteiger partial charge in [0.1, 0.15) is 35.4 Å². The molecule has 2 aromatic heterocycles. The lowest BCUT2D eigenvalue weighted by Crippen LogP contribution is -2.17. The van der Waals surface area contributed by atoms with Crippen LogP contribution in [0.1, 0.15) is 47.3 Å². The molecule has 0 saturated carbocycles. The lowest BCUT2D eigenvalue weighted by molar-refractivity contribution is 0.101. The highest BCUT2D eigenvalue weighted by Gasteiger charge is 2.16. The van der Waals surface area contributed by atoms with Crippen LogP contribution in [0.15, 0.2) is 41.5 Å². The molecule has 0 spiro atoms. The van der Waals surface area contributed by atoms with E-state index in [0.29, 0.717) is 23.4 Å². The van der Waals surface area contributed by atoms with E-state index in [-0.39, 0.29) is 29.3 Å². The number of aromatic nitrogens is 2. The number of fused-ring (bicyclic) bond motifs is 1. The Morgan fingerprint density at radius 2 is 2.14 bits per heavy atom. The van der Waals surface area contributed by atoms with Crippen LogP contribution in [0, 0.1) is 11.3 Å². The van der Waals surface area contributed by atoms with Crippen LogP contribution in [0.2, 0.25) is 0 Å². The molecular weight excluding hydrogens is 358 g/mol. The highest BCUT2D eigenvalue weighted by atomic mass is 16.5. The van der Waals surface area contributed by atoms with Crippen molar-refractivity contribution in [1.82, 2.24) is 9.38 Å². The second-order valence-electron chi connectivity index (χ2n) is 6.39. The van der Waals surface area contributed by atoms with E-state index in [4.69, 9.17) is 10.00 Å². The molecule has 0 amide bonds. The van der Waals surface area contributed by atoms with Crippen molar-refractivity contribution in [2.45, 2.75) is 33.3 Å². The number of carbonyl (C=O) groups is 1. The Morgan fingerprint density at radius 3 is 2.82 bits per heavy atom. The Bertz CT molecular complexity index is 1160. The summed E-state index contributed by atoms with van der Waals surface area (Å²) in [6.07, 6.45) is 4.16. The molecule has 0 radical (unpaired) electrons. The topological polar surface area (TPSA) is 105 Å². The first-order chi connectivity index (χ1) is 13.5. The fraction of sp³-hybridized carbons (Fsp3) is 0.238. The van der Waals surface area contributed by atoms with Crippen LogP contribution < -0.4 is 10.3 Å². The molecule has 142 valence electrons. The zero-order chi connectivity index (χ0) is 20.3. The molecule has 3 aromatic rings. The summed E-state index contributed by atoms with van der Waals surface area (Å²) in [5, 5.41) is 19.3. The molecule has 3 rings (SSSR count). The number of Topliss-reactive ketones (excluding diaryl/α,β-unsaturated/α-hetero) is 1. The van der Waals surface area contributed by atoms with Crippen molar-refractivity contribution >= 4 is 11.4 Å². The number of ketones is 1. The zero-order valence-corrected chi connectivity index (χ0v) is 15.6. The van der Waals surface area contributed by atoms with E-state index in [1.807, 2.05) is 13.0 Å². The Kier molecular flexibility index (Phi) is 5.41. The van der Waals surface area contributed by atoms with Crippen molar-refractivity contribution in [3.05, 3.63) is 69.3 Å². The van der Waals surface area contributed by atoms with Crippen LogP contribution in [0.4, 0.5) is 0 Å². The van der Waals surface area contributed by atoms with Gasteiger partial charge in [-0.2, -0.15) is 5.26 Å². The monoisotopic (exact) mass is 377 g/mol. The van der Waals surface area contributed by atoms with Gasteiger partial charge in [-0.3, -0.25) is 14.0 Å². The maximum absolute atomic E-state index is 12.1. The average Bonchev–Trinajstić information content (AvgIpc) is 2.68. The van der Waals surface area contributed by atoms with Crippen molar-refractivity contribution in [2.75, 3.05) is 0 Å². The van der Waals surface area contributed by atoms with Gasteiger partial charge < -0.3 is 9.84 Å². The zero-order valence-electron chi connectivity index (χ0n) is 15.6. The predicted molar refractivity (Wildman–Crippen MR) is 103 cm³/mol. The number of rotatable bonds is 6. The van der Waals surface area contributed by atoms with E-state index in [1.165, 1.54) is 17.5 Å². The number of benzene rings is 1. The van der Waals surface area contributed by atoms with Crippen molar-refractivity contribution in [2.24, 2.45) is 0 Å². The number of nitriles is 1. The molecule has 0 unspecified atom stereocenters. The number of aromatic hydroxyl groups is 1. The van der Waals surface area contributed by atoms with Crippen LogP contribution >= 0.6 is 0 Å². The summed E-state index contributed by atoms with van der Waals surface area (Å²) < 4.78 is 7.18. The van der Waals surface area contributed by atoms with E-state index in [0.717, 1.165) is 12.0 Å². The van der Waals surface area contributed by atoms with E-state index in [9.17, 15) is 14.7 Å². The molecule has 7 heteroatoms. The van der Waals surface area contributed by atoms with Gasteiger partial charge >= 0.3 is 0 Å². The second-order valence-corrected chi connectivity index (χ2v) is 6.39. The Hall–Kier alpha value is -3.66. The van der Waals surface area contributed by atoms with Gasteiger partial charge in [-0.05, 0) is 43.2 Å². The van der Waals surface area contributed by atoms with Gasteiger partial charge in [0.05, 0.1) is 11.8 Å². The maximum atomic E-state index is 12.1. The number of hydrogen-bond acceptors (Lipinski definition) is 6. The molecule has 28 heavy (non-hydrogen) atoms. The molecule has 0 fully saturated rings. The first-order valence-electron chi connectivity index (χ1n) is 8.85. The fourth-order valence-electron chi connectivity index (χ4n) is 2.97. The summed E-state index contributed by atoms with van der Waals surface area (Å²) in [6.45, 7) is 3.58. The maximum Gasteiger partial charge on any atom is 0.275 e. The van der Waals surface area contributed by atoms with Crippen molar-refractivity contribution in [1.29, 1.82) is 5.26 Å². The number of nitrogens with zero attached hydrogens (tertiary/aromatic N) is 3. The van der Waals surface area contributed by atoms with Gasteiger partial charge in [-0.15, -0.1) is 0 Å². The highest BCUT2D eigenvalue weighted by molar-refractivity contribution is 5.97. The van der Waals surface area contributed by atoms with Gasteiger partial charge in [-0.1, -0.05) is 13.3 Å². The molecule has 0 aliphatic carbocycles. The number of ether oxygens (including phenoxy) is 1. The largest absolute Gasteiger partial charge is 0.507 e.